The fourth-order valence-electron chi connectivity index (χ4n) is 1.28. The molecule has 1 rings (SSSR count). The maximum Gasteiger partial charge on any atom is 0.373 e. The first-order valence-electron chi connectivity index (χ1n) is 5.92. The minimum absolute atomic E-state index is 0.125. The summed E-state index contributed by atoms with van der Waals surface area (Å²) in [4.78, 5) is 42.6. The van der Waals surface area contributed by atoms with Crippen LogP contribution in [0.5, 0.6) is 0 Å². The van der Waals surface area contributed by atoms with Gasteiger partial charge >= 0.3 is 17.9 Å². The molecule has 1 aromatic rings. The summed E-state index contributed by atoms with van der Waals surface area (Å²) in [6.07, 6.45) is 0. The Balaban J connectivity index is 2.43. The highest BCUT2D eigenvalue weighted by Crippen LogP contribution is 2.10. The zero-order valence-corrected chi connectivity index (χ0v) is 11.3. The molecule has 0 saturated heterocycles. The molecule has 0 aliphatic heterocycles. The summed E-state index contributed by atoms with van der Waals surface area (Å²) in [6, 6.07) is 5.56. The average Bonchev–Trinajstić information content (AvgIpc) is 2.46. The third-order valence-electron chi connectivity index (χ3n) is 2.26. The molecule has 0 spiro atoms. The van der Waals surface area contributed by atoms with Crippen LogP contribution in [0.25, 0.3) is 0 Å². The van der Waals surface area contributed by atoms with Crippen molar-refractivity contribution in [3.63, 3.8) is 0 Å². The highest BCUT2D eigenvalue weighted by atomic mass is 17.2. The number of aromatic carboxylic acids is 1. The van der Waals surface area contributed by atoms with Gasteiger partial charge in [0.05, 0.1) is 11.1 Å². The molecule has 0 fully saturated rings. The Morgan fingerprint density at radius 2 is 1.76 bits per heavy atom. The van der Waals surface area contributed by atoms with Gasteiger partial charge in [0.1, 0.15) is 13.2 Å². The fraction of sp³-hybridized carbons (Fsp3) is 0.214. The smallest absolute Gasteiger partial charge is 0.373 e. The second kappa shape index (κ2) is 7.81. The van der Waals surface area contributed by atoms with Crippen molar-refractivity contribution < 1.29 is 34.0 Å². The van der Waals surface area contributed by atoms with Gasteiger partial charge in [-0.25, -0.2) is 14.4 Å². The van der Waals surface area contributed by atoms with Crippen molar-refractivity contribution >= 4 is 17.9 Å². The summed E-state index contributed by atoms with van der Waals surface area (Å²) < 4.78 is 4.70. The van der Waals surface area contributed by atoms with Crippen LogP contribution >= 0.6 is 0 Å². The van der Waals surface area contributed by atoms with Crippen molar-refractivity contribution in [3.8, 4) is 0 Å². The number of carbonyl (C=O) groups excluding carboxylic acids is 2. The quantitative estimate of drug-likeness (QED) is 0.268. The van der Waals surface area contributed by atoms with Crippen LogP contribution in [0.2, 0.25) is 0 Å². The topological polar surface area (TPSA) is 99.1 Å². The third kappa shape index (κ3) is 5.07. The van der Waals surface area contributed by atoms with Gasteiger partial charge in [0.25, 0.3) is 0 Å². The van der Waals surface area contributed by atoms with Gasteiger partial charge in [0, 0.05) is 5.57 Å². The lowest BCUT2D eigenvalue weighted by Gasteiger charge is -2.06. The first-order chi connectivity index (χ1) is 9.93. The van der Waals surface area contributed by atoms with Crippen molar-refractivity contribution in [1.82, 2.24) is 0 Å². The number of carboxylic acid groups (broad SMARTS) is 1. The number of benzene rings is 1. The molecule has 7 heteroatoms. The van der Waals surface area contributed by atoms with E-state index in [1.54, 1.807) is 0 Å². The zero-order valence-electron chi connectivity index (χ0n) is 11.3. The van der Waals surface area contributed by atoms with Gasteiger partial charge < -0.3 is 9.84 Å². The molecule has 7 nitrogen and oxygen atoms in total. The average molecular weight is 294 g/mol. The van der Waals surface area contributed by atoms with Crippen LogP contribution in [0.4, 0.5) is 0 Å². The van der Waals surface area contributed by atoms with Gasteiger partial charge in [-0.15, -0.1) is 0 Å². The summed E-state index contributed by atoms with van der Waals surface area (Å²) in [7, 11) is 0. The third-order valence-corrected chi connectivity index (χ3v) is 2.26. The SMILES string of the molecule is C=C(C)C(=O)OCCOOC(=O)c1ccccc1C(=O)O. The fourth-order valence-corrected chi connectivity index (χ4v) is 1.28. The molecule has 0 aromatic heterocycles. The van der Waals surface area contributed by atoms with Crippen LogP contribution in [-0.4, -0.2) is 36.2 Å². The summed E-state index contributed by atoms with van der Waals surface area (Å²) in [5, 5.41) is 8.92. The molecule has 0 unspecified atom stereocenters. The van der Waals surface area contributed by atoms with Crippen LogP contribution in [0.1, 0.15) is 27.6 Å². The van der Waals surface area contributed by atoms with Crippen LogP contribution in [0.15, 0.2) is 36.4 Å². The molecule has 21 heavy (non-hydrogen) atoms. The molecule has 0 aliphatic rings. The van der Waals surface area contributed by atoms with Gasteiger partial charge in [-0.2, -0.15) is 4.89 Å². The Morgan fingerprint density at radius 3 is 2.33 bits per heavy atom. The molecule has 0 radical (unpaired) electrons. The Bertz CT molecular complexity index is 562. The zero-order chi connectivity index (χ0) is 15.8. The number of hydrogen-bond donors (Lipinski definition) is 1. The molecule has 0 bridgehead atoms. The van der Waals surface area contributed by atoms with E-state index >= 15 is 0 Å². The molecule has 0 heterocycles. The molecule has 0 aliphatic carbocycles. The molecule has 112 valence electrons. The molecule has 0 saturated carbocycles. The second-order valence-electron chi connectivity index (χ2n) is 3.96. The lowest BCUT2D eigenvalue weighted by atomic mass is 10.1. The maximum atomic E-state index is 11.6. The van der Waals surface area contributed by atoms with E-state index in [0.29, 0.717) is 0 Å². The van der Waals surface area contributed by atoms with E-state index in [9.17, 15) is 14.4 Å². The Morgan fingerprint density at radius 1 is 1.14 bits per heavy atom. The minimum atomic E-state index is -1.25. The predicted molar refractivity (Wildman–Crippen MR) is 70.5 cm³/mol. The maximum absolute atomic E-state index is 11.6. The summed E-state index contributed by atoms with van der Waals surface area (Å²) in [6.45, 7) is 4.58. The molecule has 1 aromatic carbocycles. The lowest BCUT2D eigenvalue weighted by molar-refractivity contribution is -0.246. The first-order valence-corrected chi connectivity index (χ1v) is 5.92. The number of esters is 1. The summed E-state index contributed by atoms with van der Waals surface area (Å²) in [5.41, 5.74) is -0.0916. The van der Waals surface area contributed by atoms with Gasteiger partial charge in [-0.3, -0.25) is 4.89 Å². The highest BCUT2D eigenvalue weighted by Gasteiger charge is 2.17. The van der Waals surface area contributed by atoms with Crippen molar-refractivity contribution in [1.29, 1.82) is 0 Å². The van der Waals surface area contributed by atoms with E-state index < -0.39 is 17.9 Å². The van der Waals surface area contributed by atoms with E-state index in [1.165, 1.54) is 31.2 Å². The highest BCUT2D eigenvalue weighted by molar-refractivity contribution is 6.02. The van der Waals surface area contributed by atoms with Crippen LogP contribution in [0.3, 0.4) is 0 Å². The molecular formula is C14H14O7. The van der Waals surface area contributed by atoms with Crippen LogP contribution in [-0.2, 0) is 19.3 Å². The number of carbonyl (C=O) groups is 3. The molecule has 1 N–H and O–H groups in total. The Hall–Kier alpha value is -2.67. The van der Waals surface area contributed by atoms with Crippen molar-refractivity contribution in [3.05, 3.63) is 47.5 Å². The molecule has 0 atom stereocenters. The standard InChI is InChI=1S/C14H14O7/c1-9(2)13(17)19-7-8-20-21-14(18)11-6-4-3-5-10(11)12(15)16/h3-6H,1,7-8H2,2H3,(H,15,16). The number of ether oxygens (including phenoxy) is 1. The van der Waals surface area contributed by atoms with Crippen LogP contribution < -0.4 is 0 Å². The first kappa shape index (κ1) is 16.4. The van der Waals surface area contributed by atoms with E-state index in [1.807, 2.05) is 0 Å². The van der Waals surface area contributed by atoms with Crippen LogP contribution in [0, 0.1) is 0 Å². The summed E-state index contributed by atoms with van der Waals surface area (Å²) in [5.74, 6) is -2.78. The van der Waals surface area contributed by atoms with E-state index in [2.05, 4.69) is 16.4 Å². The predicted octanol–water partition coefficient (Wildman–Crippen LogP) is 1.59. The van der Waals surface area contributed by atoms with Crippen molar-refractivity contribution in [2.75, 3.05) is 13.2 Å². The lowest BCUT2D eigenvalue weighted by Crippen LogP contribution is -2.15. The largest absolute Gasteiger partial charge is 0.478 e. The van der Waals surface area contributed by atoms with Gasteiger partial charge in [0.15, 0.2) is 0 Å². The van der Waals surface area contributed by atoms with E-state index in [-0.39, 0.29) is 29.9 Å². The van der Waals surface area contributed by atoms with E-state index in [0.717, 1.165) is 0 Å². The summed E-state index contributed by atoms with van der Waals surface area (Å²) >= 11 is 0. The monoisotopic (exact) mass is 294 g/mol. The van der Waals surface area contributed by atoms with Gasteiger partial charge in [0.2, 0.25) is 0 Å². The number of rotatable bonds is 7. The van der Waals surface area contributed by atoms with Gasteiger partial charge in [-0.05, 0) is 19.1 Å². The normalized spacial score (nSPS) is 9.76. The Kier molecular flexibility index (Phi) is 6.09. The molecule has 0 amide bonds. The minimum Gasteiger partial charge on any atom is -0.478 e. The van der Waals surface area contributed by atoms with Crippen molar-refractivity contribution in [2.24, 2.45) is 0 Å². The molecular weight excluding hydrogens is 280 g/mol. The number of hydrogen-bond acceptors (Lipinski definition) is 6. The van der Waals surface area contributed by atoms with E-state index in [4.69, 9.17) is 9.84 Å². The second-order valence-corrected chi connectivity index (χ2v) is 3.96. The number of carboxylic acids is 1. The van der Waals surface area contributed by atoms with Crippen molar-refractivity contribution in [2.45, 2.75) is 6.92 Å². The van der Waals surface area contributed by atoms with Gasteiger partial charge in [-0.1, -0.05) is 18.7 Å². The Labute approximate surface area is 120 Å².